The van der Waals surface area contributed by atoms with Crippen LogP contribution in [0.25, 0.3) is 0 Å². The van der Waals surface area contributed by atoms with Crippen LogP contribution in [0.15, 0.2) is 12.1 Å². The molecule has 2 N–H and O–H groups in total. The van der Waals surface area contributed by atoms with Gasteiger partial charge in [-0.1, -0.05) is 0 Å². The molecule has 0 saturated carbocycles. The molecular weight excluding hydrogens is 174 g/mol. The third-order valence-corrected chi connectivity index (χ3v) is 1.65. The van der Waals surface area contributed by atoms with E-state index < -0.39 is 17.2 Å². The summed E-state index contributed by atoms with van der Waals surface area (Å²) in [4.78, 5) is 0. The van der Waals surface area contributed by atoms with E-state index in [4.69, 9.17) is 11.0 Å². The van der Waals surface area contributed by atoms with Crippen LogP contribution in [-0.2, 0) is 6.42 Å². The van der Waals surface area contributed by atoms with Crippen LogP contribution in [0.4, 0.5) is 8.78 Å². The third-order valence-electron chi connectivity index (χ3n) is 1.65. The van der Waals surface area contributed by atoms with Gasteiger partial charge >= 0.3 is 0 Å². The zero-order valence-electron chi connectivity index (χ0n) is 6.85. The molecule has 0 aliphatic heterocycles. The molecule has 13 heavy (non-hydrogen) atoms. The fraction of sp³-hybridized carbons (Fsp3) is 0.222. The molecule has 1 aromatic rings. The Morgan fingerprint density at radius 1 is 1.31 bits per heavy atom. The molecule has 4 heteroatoms. The van der Waals surface area contributed by atoms with Gasteiger partial charge in [0.2, 0.25) is 0 Å². The maximum absolute atomic E-state index is 12.9. The van der Waals surface area contributed by atoms with Crippen LogP contribution < -0.4 is 5.73 Å². The van der Waals surface area contributed by atoms with Gasteiger partial charge in [-0.25, -0.2) is 8.78 Å². The minimum atomic E-state index is -0.828. The Bertz CT molecular complexity index is 332. The van der Waals surface area contributed by atoms with Gasteiger partial charge in [0, 0.05) is 0 Å². The highest BCUT2D eigenvalue weighted by atomic mass is 19.1. The Kier molecular flexibility index (Phi) is 2.93. The maximum Gasteiger partial charge on any atom is 0.144 e. The number of benzene rings is 1. The van der Waals surface area contributed by atoms with Crippen LogP contribution in [0.5, 0.6) is 0 Å². The largest absolute Gasteiger partial charge is 0.330 e. The fourth-order valence-electron chi connectivity index (χ4n) is 1.04. The van der Waals surface area contributed by atoms with Crippen LogP contribution in [-0.4, -0.2) is 6.54 Å². The molecule has 0 aliphatic carbocycles. The smallest absolute Gasteiger partial charge is 0.144 e. The van der Waals surface area contributed by atoms with Gasteiger partial charge in [0.05, 0.1) is 0 Å². The number of halogens is 2. The summed E-state index contributed by atoms with van der Waals surface area (Å²) in [6.45, 7) is 0.324. The highest BCUT2D eigenvalue weighted by Crippen LogP contribution is 2.14. The van der Waals surface area contributed by atoms with Crippen LogP contribution in [0, 0.1) is 23.0 Å². The molecule has 0 heterocycles. The summed E-state index contributed by atoms with van der Waals surface area (Å²) in [5.74, 6) is -1.66. The molecule has 0 unspecified atom stereocenters. The minimum Gasteiger partial charge on any atom is -0.330 e. The molecule has 68 valence electrons. The van der Waals surface area contributed by atoms with E-state index in [0.717, 1.165) is 12.1 Å². The zero-order chi connectivity index (χ0) is 9.84. The standard InChI is InChI=1S/C9H8F2N2/c10-8-3-6(1-2-12)4-9(11)7(8)5-13/h3-4H,1-2,12H2. The summed E-state index contributed by atoms with van der Waals surface area (Å²) in [6, 6.07) is 3.72. The lowest BCUT2D eigenvalue weighted by atomic mass is 10.1. The average Bonchev–Trinajstić information content (AvgIpc) is 2.04. The maximum atomic E-state index is 12.9. The number of nitriles is 1. The van der Waals surface area contributed by atoms with Crippen molar-refractivity contribution in [3.8, 4) is 6.07 Å². The Morgan fingerprint density at radius 3 is 2.23 bits per heavy atom. The van der Waals surface area contributed by atoms with E-state index in [1.165, 1.54) is 6.07 Å². The Morgan fingerprint density at radius 2 is 1.85 bits per heavy atom. The molecule has 1 rings (SSSR count). The monoisotopic (exact) mass is 182 g/mol. The van der Waals surface area contributed by atoms with Crippen molar-refractivity contribution in [2.24, 2.45) is 5.73 Å². The third kappa shape index (κ3) is 2.01. The molecule has 0 saturated heterocycles. The first-order chi connectivity index (χ1) is 6.19. The van der Waals surface area contributed by atoms with Crippen molar-refractivity contribution in [2.75, 3.05) is 6.54 Å². The van der Waals surface area contributed by atoms with Gasteiger partial charge in [-0.2, -0.15) is 5.26 Å². The Balaban J connectivity index is 3.14. The van der Waals surface area contributed by atoms with Crippen molar-refractivity contribution in [2.45, 2.75) is 6.42 Å². The molecule has 2 nitrogen and oxygen atoms in total. The summed E-state index contributed by atoms with van der Waals surface area (Å²) in [7, 11) is 0. The summed E-state index contributed by atoms with van der Waals surface area (Å²) in [6.07, 6.45) is 0.402. The molecule has 0 spiro atoms. The average molecular weight is 182 g/mol. The molecule has 0 aliphatic rings. The second kappa shape index (κ2) is 3.97. The van der Waals surface area contributed by atoms with E-state index >= 15 is 0 Å². The van der Waals surface area contributed by atoms with Crippen LogP contribution >= 0.6 is 0 Å². The first kappa shape index (κ1) is 9.62. The number of rotatable bonds is 2. The van der Waals surface area contributed by atoms with E-state index in [1.54, 1.807) is 0 Å². The van der Waals surface area contributed by atoms with E-state index in [-0.39, 0.29) is 0 Å². The summed E-state index contributed by atoms with van der Waals surface area (Å²) < 4.78 is 25.9. The molecule has 0 amide bonds. The molecular formula is C9H8F2N2. The lowest BCUT2D eigenvalue weighted by molar-refractivity contribution is 0.573. The molecule has 0 radical (unpaired) electrons. The van der Waals surface area contributed by atoms with Crippen LogP contribution in [0.3, 0.4) is 0 Å². The van der Waals surface area contributed by atoms with E-state index in [1.807, 2.05) is 0 Å². The molecule has 0 aromatic heterocycles. The first-order valence-electron chi connectivity index (χ1n) is 3.77. The van der Waals surface area contributed by atoms with Crippen LogP contribution in [0.1, 0.15) is 11.1 Å². The molecule has 1 aromatic carbocycles. The Labute approximate surface area is 74.6 Å². The molecule has 0 fully saturated rings. The first-order valence-corrected chi connectivity index (χ1v) is 3.77. The quantitative estimate of drug-likeness (QED) is 0.750. The van der Waals surface area contributed by atoms with Gasteiger partial charge in [-0.3, -0.25) is 0 Å². The van der Waals surface area contributed by atoms with Gasteiger partial charge in [0.1, 0.15) is 23.3 Å². The molecule has 0 bridgehead atoms. The summed E-state index contributed by atoms with van der Waals surface area (Å²) >= 11 is 0. The van der Waals surface area contributed by atoms with Gasteiger partial charge in [0.15, 0.2) is 0 Å². The highest BCUT2D eigenvalue weighted by molar-refractivity contribution is 5.35. The van der Waals surface area contributed by atoms with Gasteiger partial charge in [-0.05, 0) is 30.7 Å². The van der Waals surface area contributed by atoms with Crippen molar-refractivity contribution < 1.29 is 8.78 Å². The van der Waals surface area contributed by atoms with Gasteiger partial charge in [-0.15, -0.1) is 0 Å². The highest BCUT2D eigenvalue weighted by Gasteiger charge is 2.09. The lowest BCUT2D eigenvalue weighted by Gasteiger charge is -2.01. The molecule has 0 atom stereocenters. The van der Waals surface area contributed by atoms with Crippen molar-refractivity contribution in [1.29, 1.82) is 5.26 Å². The van der Waals surface area contributed by atoms with Crippen molar-refractivity contribution >= 4 is 0 Å². The topological polar surface area (TPSA) is 49.8 Å². The van der Waals surface area contributed by atoms with Crippen LogP contribution in [0.2, 0.25) is 0 Å². The zero-order valence-corrected chi connectivity index (χ0v) is 6.85. The van der Waals surface area contributed by atoms with E-state index in [2.05, 4.69) is 0 Å². The fourth-order valence-corrected chi connectivity index (χ4v) is 1.04. The number of nitrogens with zero attached hydrogens (tertiary/aromatic N) is 1. The Hall–Kier alpha value is -1.47. The predicted octanol–water partition coefficient (Wildman–Crippen LogP) is 1.34. The number of nitrogens with two attached hydrogens (primary N) is 1. The van der Waals surface area contributed by atoms with Gasteiger partial charge < -0.3 is 5.73 Å². The van der Waals surface area contributed by atoms with Crippen molar-refractivity contribution in [1.82, 2.24) is 0 Å². The SMILES string of the molecule is N#Cc1c(F)cc(CCN)cc1F. The predicted molar refractivity (Wildman–Crippen MR) is 43.8 cm³/mol. The van der Waals surface area contributed by atoms with Gasteiger partial charge in [0.25, 0.3) is 0 Å². The van der Waals surface area contributed by atoms with E-state index in [0.29, 0.717) is 18.5 Å². The normalized spacial score (nSPS) is 9.69. The lowest BCUT2D eigenvalue weighted by Crippen LogP contribution is -2.04. The minimum absolute atomic E-state index is 0.324. The number of hydrogen-bond acceptors (Lipinski definition) is 2. The van der Waals surface area contributed by atoms with E-state index in [9.17, 15) is 8.78 Å². The summed E-state index contributed by atoms with van der Waals surface area (Å²) in [5.41, 5.74) is 5.15. The van der Waals surface area contributed by atoms with Crippen molar-refractivity contribution in [3.63, 3.8) is 0 Å². The number of hydrogen-bond donors (Lipinski definition) is 1. The second-order valence-electron chi connectivity index (χ2n) is 2.58. The summed E-state index contributed by atoms with van der Waals surface area (Å²) in [5, 5.41) is 8.37. The second-order valence-corrected chi connectivity index (χ2v) is 2.58. The van der Waals surface area contributed by atoms with Crippen molar-refractivity contribution in [3.05, 3.63) is 34.9 Å².